The van der Waals surface area contributed by atoms with E-state index < -0.39 is 6.04 Å². The third-order valence-electron chi connectivity index (χ3n) is 2.74. The molecule has 2 rings (SSSR count). The molecule has 0 aliphatic heterocycles. The van der Waals surface area contributed by atoms with Crippen molar-refractivity contribution in [3.63, 3.8) is 0 Å². The lowest BCUT2D eigenvalue weighted by molar-refractivity contribution is -0.117. The Hall–Kier alpha value is -1.59. The first-order chi connectivity index (χ1) is 8.56. The average molecular weight is 284 g/mol. The summed E-state index contributed by atoms with van der Waals surface area (Å²) in [6.45, 7) is 1.62. The molecule has 1 atom stereocenters. The van der Waals surface area contributed by atoms with E-state index in [2.05, 4.69) is 10.6 Å². The van der Waals surface area contributed by atoms with Crippen LogP contribution < -0.4 is 16.4 Å². The van der Waals surface area contributed by atoms with E-state index in [0.29, 0.717) is 17.3 Å². The normalized spacial score (nSPS) is 15.1. The fourth-order valence-corrected chi connectivity index (χ4v) is 1.46. The molecule has 0 aromatic heterocycles. The Labute approximate surface area is 118 Å². The molecule has 5 nitrogen and oxygen atoms in total. The highest BCUT2D eigenvalue weighted by atomic mass is 35.5. The van der Waals surface area contributed by atoms with Gasteiger partial charge in [-0.05, 0) is 44.0 Å². The lowest BCUT2D eigenvalue weighted by Gasteiger charge is -2.08. The van der Waals surface area contributed by atoms with E-state index >= 15 is 0 Å². The summed E-state index contributed by atoms with van der Waals surface area (Å²) in [5.74, 6) is -0.312. The smallest absolute Gasteiger partial charge is 0.251 e. The molecule has 2 amide bonds. The molecule has 1 aromatic carbocycles. The van der Waals surface area contributed by atoms with Gasteiger partial charge in [-0.15, -0.1) is 12.4 Å². The quantitative estimate of drug-likeness (QED) is 0.778. The van der Waals surface area contributed by atoms with Gasteiger partial charge in [0.1, 0.15) is 0 Å². The van der Waals surface area contributed by atoms with Gasteiger partial charge in [-0.2, -0.15) is 0 Å². The lowest BCUT2D eigenvalue weighted by atomic mass is 10.2. The highest BCUT2D eigenvalue weighted by Gasteiger charge is 2.23. The third-order valence-corrected chi connectivity index (χ3v) is 2.74. The molecule has 0 spiro atoms. The number of benzene rings is 1. The minimum Gasteiger partial charge on any atom is -0.349 e. The molecular formula is C13H18ClN3O2. The van der Waals surface area contributed by atoms with Crippen molar-refractivity contribution < 1.29 is 9.59 Å². The van der Waals surface area contributed by atoms with Gasteiger partial charge in [0.2, 0.25) is 5.91 Å². The zero-order valence-electron chi connectivity index (χ0n) is 10.7. The van der Waals surface area contributed by atoms with Crippen molar-refractivity contribution in [2.24, 2.45) is 5.73 Å². The van der Waals surface area contributed by atoms with Crippen LogP contribution in [0.3, 0.4) is 0 Å². The first-order valence-electron chi connectivity index (χ1n) is 6.03. The van der Waals surface area contributed by atoms with Gasteiger partial charge >= 0.3 is 0 Å². The number of anilines is 1. The molecule has 0 radical (unpaired) electrons. The molecule has 0 saturated heterocycles. The van der Waals surface area contributed by atoms with Gasteiger partial charge in [-0.25, -0.2) is 0 Å². The van der Waals surface area contributed by atoms with E-state index in [0.717, 1.165) is 12.8 Å². The number of nitrogens with two attached hydrogens (primary N) is 1. The fraction of sp³-hybridized carbons (Fsp3) is 0.385. The van der Waals surface area contributed by atoms with Gasteiger partial charge < -0.3 is 16.4 Å². The Balaban J connectivity index is 0.00000180. The summed E-state index contributed by atoms with van der Waals surface area (Å²) in [7, 11) is 0. The molecular weight excluding hydrogens is 266 g/mol. The van der Waals surface area contributed by atoms with Gasteiger partial charge in [0.05, 0.1) is 6.04 Å². The lowest BCUT2D eigenvalue weighted by Crippen LogP contribution is -2.32. The van der Waals surface area contributed by atoms with Crippen LogP contribution in [0.25, 0.3) is 0 Å². The molecule has 6 heteroatoms. The number of amides is 2. The molecule has 1 aromatic rings. The number of hydrogen-bond donors (Lipinski definition) is 3. The first-order valence-corrected chi connectivity index (χ1v) is 6.03. The van der Waals surface area contributed by atoms with Crippen LogP contribution in [-0.4, -0.2) is 23.9 Å². The summed E-state index contributed by atoms with van der Waals surface area (Å²) in [6.07, 6.45) is 2.13. The summed E-state index contributed by atoms with van der Waals surface area (Å²) in [5, 5.41) is 5.57. The van der Waals surface area contributed by atoms with Crippen LogP contribution in [-0.2, 0) is 4.79 Å². The molecule has 1 aliphatic rings. The van der Waals surface area contributed by atoms with E-state index in [9.17, 15) is 9.59 Å². The van der Waals surface area contributed by atoms with Crippen molar-refractivity contribution in [1.82, 2.24) is 5.32 Å². The van der Waals surface area contributed by atoms with E-state index in [1.54, 1.807) is 31.2 Å². The van der Waals surface area contributed by atoms with Gasteiger partial charge in [-0.1, -0.05) is 0 Å². The maximum absolute atomic E-state index is 11.7. The number of nitrogens with one attached hydrogen (secondary N) is 2. The first kappa shape index (κ1) is 15.5. The Morgan fingerprint density at radius 2 is 1.84 bits per heavy atom. The number of halogens is 1. The average Bonchev–Trinajstić information content (AvgIpc) is 3.13. The summed E-state index contributed by atoms with van der Waals surface area (Å²) < 4.78 is 0. The SMILES string of the molecule is CC(N)C(=O)Nc1ccc(C(=O)NC2CC2)cc1.Cl. The topological polar surface area (TPSA) is 84.2 Å². The van der Waals surface area contributed by atoms with Crippen molar-refractivity contribution in [2.75, 3.05) is 5.32 Å². The Kier molecular flexibility index (Phi) is 5.32. The largest absolute Gasteiger partial charge is 0.349 e. The molecule has 0 heterocycles. The van der Waals surface area contributed by atoms with Gasteiger partial charge in [-0.3, -0.25) is 9.59 Å². The number of carbonyl (C=O) groups excluding carboxylic acids is 2. The van der Waals surface area contributed by atoms with E-state index in [1.807, 2.05) is 0 Å². The van der Waals surface area contributed by atoms with Crippen molar-refractivity contribution in [3.05, 3.63) is 29.8 Å². The second-order valence-electron chi connectivity index (χ2n) is 4.60. The summed E-state index contributed by atoms with van der Waals surface area (Å²) in [6, 6.07) is 6.56. The second kappa shape index (κ2) is 6.54. The summed E-state index contributed by atoms with van der Waals surface area (Å²) >= 11 is 0. The van der Waals surface area contributed by atoms with Crippen LogP contribution >= 0.6 is 12.4 Å². The highest BCUT2D eigenvalue weighted by molar-refractivity contribution is 5.97. The number of hydrogen-bond acceptors (Lipinski definition) is 3. The predicted molar refractivity (Wildman–Crippen MR) is 76.5 cm³/mol. The zero-order valence-corrected chi connectivity index (χ0v) is 11.5. The van der Waals surface area contributed by atoms with Crippen molar-refractivity contribution in [2.45, 2.75) is 31.8 Å². The Morgan fingerprint density at radius 3 is 2.32 bits per heavy atom. The standard InChI is InChI=1S/C13H17N3O2.ClH/c1-8(14)12(17)15-10-4-2-9(3-5-10)13(18)16-11-6-7-11;/h2-5,8,11H,6-7,14H2,1H3,(H,15,17)(H,16,18);1H. The minimum atomic E-state index is -0.553. The maximum Gasteiger partial charge on any atom is 0.251 e. The number of rotatable bonds is 4. The molecule has 1 fully saturated rings. The van der Waals surface area contributed by atoms with E-state index in [1.165, 1.54) is 0 Å². The van der Waals surface area contributed by atoms with Crippen LogP contribution in [0.15, 0.2) is 24.3 Å². The molecule has 1 unspecified atom stereocenters. The zero-order chi connectivity index (χ0) is 13.1. The van der Waals surface area contributed by atoms with Crippen molar-refractivity contribution >= 4 is 29.9 Å². The fourth-order valence-electron chi connectivity index (χ4n) is 1.46. The summed E-state index contributed by atoms with van der Waals surface area (Å²) in [5.41, 5.74) is 6.68. The van der Waals surface area contributed by atoms with E-state index in [-0.39, 0.29) is 24.2 Å². The monoisotopic (exact) mass is 283 g/mol. The van der Waals surface area contributed by atoms with Gasteiger partial charge in [0.25, 0.3) is 5.91 Å². The molecule has 1 aliphatic carbocycles. The number of carbonyl (C=O) groups is 2. The van der Waals surface area contributed by atoms with Gasteiger partial charge in [0.15, 0.2) is 0 Å². The van der Waals surface area contributed by atoms with Crippen LogP contribution in [0.2, 0.25) is 0 Å². The second-order valence-corrected chi connectivity index (χ2v) is 4.60. The molecule has 19 heavy (non-hydrogen) atoms. The van der Waals surface area contributed by atoms with Crippen LogP contribution in [0.1, 0.15) is 30.1 Å². The maximum atomic E-state index is 11.7. The van der Waals surface area contributed by atoms with Crippen molar-refractivity contribution in [3.8, 4) is 0 Å². The molecule has 0 bridgehead atoms. The third kappa shape index (κ3) is 4.54. The molecule has 104 valence electrons. The minimum absolute atomic E-state index is 0. The van der Waals surface area contributed by atoms with E-state index in [4.69, 9.17) is 5.73 Å². The van der Waals surface area contributed by atoms with Crippen LogP contribution in [0.5, 0.6) is 0 Å². The predicted octanol–water partition coefficient (Wildman–Crippen LogP) is 1.29. The Bertz CT molecular complexity index is 455. The van der Waals surface area contributed by atoms with Crippen LogP contribution in [0.4, 0.5) is 5.69 Å². The van der Waals surface area contributed by atoms with Crippen molar-refractivity contribution in [1.29, 1.82) is 0 Å². The molecule has 4 N–H and O–H groups in total. The Morgan fingerprint density at radius 1 is 1.26 bits per heavy atom. The highest BCUT2D eigenvalue weighted by Crippen LogP contribution is 2.19. The molecule has 1 saturated carbocycles. The summed E-state index contributed by atoms with van der Waals surface area (Å²) in [4.78, 5) is 23.1. The van der Waals surface area contributed by atoms with Gasteiger partial charge in [0, 0.05) is 17.3 Å². The van der Waals surface area contributed by atoms with Crippen LogP contribution in [0, 0.1) is 0 Å².